The molecule has 0 amide bonds. The molecule has 0 aliphatic carbocycles. The predicted molar refractivity (Wildman–Crippen MR) is 67.3 cm³/mol. The number of benzene rings is 1. The summed E-state index contributed by atoms with van der Waals surface area (Å²) in [6.45, 7) is 3.73. The van der Waals surface area contributed by atoms with Crippen LogP contribution >= 0.6 is 0 Å². The Morgan fingerprint density at radius 3 is 2.83 bits per heavy atom. The Bertz CT molecular complexity index is 399. The summed E-state index contributed by atoms with van der Waals surface area (Å²) >= 11 is 0. The second-order valence-electron chi connectivity index (χ2n) is 3.81. The van der Waals surface area contributed by atoms with E-state index in [2.05, 4.69) is 12.2 Å². The Morgan fingerprint density at radius 2 is 2.22 bits per heavy atom. The third kappa shape index (κ3) is 4.67. The summed E-state index contributed by atoms with van der Waals surface area (Å²) in [7, 11) is 0. The molecule has 0 unspecified atom stereocenters. The number of nitrogens with zero attached hydrogens (tertiary/aromatic N) is 1. The fourth-order valence-corrected chi connectivity index (χ4v) is 1.37. The van der Waals surface area contributed by atoms with Crippen LogP contribution in [0.5, 0.6) is 0 Å². The van der Waals surface area contributed by atoms with Crippen molar-refractivity contribution in [2.45, 2.75) is 19.8 Å². The monoisotopic (exact) mass is 256 g/mol. The average molecular weight is 256 g/mol. The summed E-state index contributed by atoms with van der Waals surface area (Å²) < 4.78 is 18.7. The van der Waals surface area contributed by atoms with Crippen molar-refractivity contribution in [3.8, 4) is 0 Å². The third-order valence-corrected chi connectivity index (χ3v) is 2.37. The highest BCUT2D eigenvalue weighted by Crippen LogP contribution is 2.20. The first-order valence-corrected chi connectivity index (χ1v) is 5.90. The smallest absolute Gasteiger partial charge is 0.272 e. The number of anilines is 1. The van der Waals surface area contributed by atoms with E-state index in [1.807, 2.05) is 0 Å². The molecule has 100 valence electrons. The molecule has 6 heteroatoms. The summed E-state index contributed by atoms with van der Waals surface area (Å²) in [5, 5.41) is 13.3. The molecular weight excluding hydrogens is 239 g/mol. The standard InChI is InChI=1S/C12H17FN2O3/c1-2-3-7-18-8-6-14-12-5-4-10(15(16)17)9-11(12)13/h4-5,9,14H,2-3,6-8H2,1H3. The lowest BCUT2D eigenvalue weighted by molar-refractivity contribution is -0.385. The normalized spacial score (nSPS) is 10.3. The molecule has 0 spiro atoms. The van der Waals surface area contributed by atoms with Crippen LogP contribution in [-0.4, -0.2) is 24.7 Å². The molecule has 5 nitrogen and oxygen atoms in total. The van der Waals surface area contributed by atoms with Gasteiger partial charge in [0, 0.05) is 19.2 Å². The molecule has 0 aliphatic rings. The average Bonchev–Trinajstić information content (AvgIpc) is 2.35. The van der Waals surface area contributed by atoms with Crippen LogP contribution in [0.4, 0.5) is 15.8 Å². The fraction of sp³-hybridized carbons (Fsp3) is 0.500. The van der Waals surface area contributed by atoms with Gasteiger partial charge in [-0.3, -0.25) is 10.1 Å². The van der Waals surface area contributed by atoms with Crippen molar-refractivity contribution >= 4 is 11.4 Å². The number of halogens is 1. The minimum absolute atomic E-state index is 0.250. The quantitative estimate of drug-likeness (QED) is 0.441. The molecule has 0 radical (unpaired) electrons. The molecule has 1 aromatic rings. The summed E-state index contributed by atoms with van der Waals surface area (Å²) in [5.41, 5.74) is -0.00284. The lowest BCUT2D eigenvalue weighted by Gasteiger charge is -2.07. The maximum absolute atomic E-state index is 13.4. The molecule has 0 atom stereocenters. The summed E-state index contributed by atoms with van der Waals surface area (Å²) in [6, 6.07) is 3.53. The molecule has 0 aromatic heterocycles. The van der Waals surface area contributed by atoms with Crippen LogP contribution in [-0.2, 0) is 4.74 Å². The zero-order chi connectivity index (χ0) is 13.4. The van der Waals surface area contributed by atoms with Gasteiger partial charge in [0.1, 0.15) is 0 Å². The van der Waals surface area contributed by atoms with E-state index in [4.69, 9.17) is 4.74 Å². The van der Waals surface area contributed by atoms with Gasteiger partial charge in [-0.1, -0.05) is 13.3 Å². The zero-order valence-electron chi connectivity index (χ0n) is 10.3. The Morgan fingerprint density at radius 1 is 1.44 bits per heavy atom. The van der Waals surface area contributed by atoms with Crippen LogP contribution in [0.15, 0.2) is 18.2 Å². The topological polar surface area (TPSA) is 64.4 Å². The number of nitrogens with one attached hydrogen (secondary N) is 1. The highest BCUT2D eigenvalue weighted by atomic mass is 19.1. The lowest BCUT2D eigenvalue weighted by atomic mass is 10.2. The van der Waals surface area contributed by atoms with E-state index in [0.29, 0.717) is 19.8 Å². The minimum Gasteiger partial charge on any atom is -0.380 e. The first-order chi connectivity index (χ1) is 8.65. The van der Waals surface area contributed by atoms with E-state index in [1.165, 1.54) is 12.1 Å². The van der Waals surface area contributed by atoms with Crippen molar-refractivity contribution in [3.05, 3.63) is 34.1 Å². The van der Waals surface area contributed by atoms with E-state index < -0.39 is 10.7 Å². The predicted octanol–water partition coefficient (Wildman–Crippen LogP) is 2.96. The highest BCUT2D eigenvalue weighted by Gasteiger charge is 2.09. The van der Waals surface area contributed by atoms with Crippen molar-refractivity contribution in [1.29, 1.82) is 0 Å². The number of nitro benzene ring substituents is 1. The number of unbranched alkanes of at least 4 members (excludes halogenated alkanes) is 1. The van der Waals surface area contributed by atoms with Gasteiger partial charge in [0.15, 0.2) is 5.82 Å². The molecule has 1 aromatic carbocycles. The molecule has 0 saturated heterocycles. The molecule has 0 aliphatic heterocycles. The van der Waals surface area contributed by atoms with Gasteiger partial charge >= 0.3 is 0 Å². The Balaban J connectivity index is 2.36. The van der Waals surface area contributed by atoms with E-state index >= 15 is 0 Å². The van der Waals surface area contributed by atoms with Crippen LogP contribution in [0.3, 0.4) is 0 Å². The SMILES string of the molecule is CCCCOCCNc1ccc([N+](=O)[O-])cc1F. The van der Waals surface area contributed by atoms with Crippen LogP contribution in [0.1, 0.15) is 19.8 Å². The maximum Gasteiger partial charge on any atom is 0.272 e. The molecule has 0 heterocycles. The van der Waals surface area contributed by atoms with Crippen molar-refractivity contribution in [3.63, 3.8) is 0 Å². The highest BCUT2D eigenvalue weighted by molar-refractivity contribution is 5.50. The van der Waals surface area contributed by atoms with E-state index in [0.717, 1.165) is 18.9 Å². The third-order valence-electron chi connectivity index (χ3n) is 2.37. The Labute approximate surface area is 105 Å². The molecule has 0 saturated carbocycles. The maximum atomic E-state index is 13.4. The van der Waals surface area contributed by atoms with Crippen LogP contribution in [0.2, 0.25) is 0 Å². The number of rotatable bonds is 8. The lowest BCUT2D eigenvalue weighted by Crippen LogP contribution is -2.11. The number of non-ortho nitro benzene ring substituents is 1. The van der Waals surface area contributed by atoms with E-state index in [-0.39, 0.29) is 11.4 Å². The number of hydrogen-bond acceptors (Lipinski definition) is 4. The van der Waals surface area contributed by atoms with Gasteiger partial charge < -0.3 is 10.1 Å². The molecule has 0 fully saturated rings. The van der Waals surface area contributed by atoms with Gasteiger partial charge in [-0.15, -0.1) is 0 Å². The first kappa shape index (κ1) is 14.4. The Kier molecular flexibility index (Phi) is 6.07. The van der Waals surface area contributed by atoms with Gasteiger partial charge in [0.05, 0.1) is 23.3 Å². The molecule has 18 heavy (non-hydrogen) atoms. The first-order valence-electron chi connectivity index (χ1n) is 5.90. The molecule has 1 rings (SSSR count). The summed E-state index contributed by atoms with van der Waals surface area (Å²) in [4.78, 5) is 9.80. The van der Waals surface area contributed by atoms with Gasteiger partial charge in [0.25, 0.3) is 5.69 Å². The van der Waals surface area contributed by atoms with Crippen molar-refractivity contribution in [1.82, 2.24) is 0 Å². The van der Waals surface area contributed by atoms with Crippen molar-refractivity contribution in [2.75, 3.05) is 25.1 Å². The van der Waals surface area contributed by atoms with E-state index in [9.17, 15) is 14.5 Å². The molecule has 1 N–H and O–H groups in total. The molecule has 0 bridgehead atoms. The van der Waals surface area contributed by atoms with Crippen molar-refractivity contribution in [2.24, 2.45) is 0 Å². The summed E-state index contributed by atoms with van der Waals surface area (Å²) in [5.74, 6) is -0.627. The van der Waals surface area contributed by atoms with Gasteiger partial charge in [-0.2, -0.15) is 0 Å². The summed E-state index contributed by atoms with van der Waals surface area (Å²) in [6.07, 6.45) is 2.08. The number of ether oxygens (including phenoxy) is 1. The number of nitro groups is 1. The molecular formula is C12H17FN2O3. The van der Waals surface area contributed by atoms with Crippen molar-refractivity contribution < 1.29 is 14.1 Å². The van der Waals surface area contributed by atoms with Crippen LogP contribution in [0.25, 0.3) is 0 Å². The fourth-order valence-electron chi connectivity index (χ4n) is 1.37. The van der Waals surface area contributed by atoms with Gasteiger partial charge in [0.2, 0.25) is 0 Å². The van der Waals surface area contributed by atoms with E-state index in [1.54, 1.807) is 0 Å². The van der Waals surface area contributed by atoms with Gasteiger partial charge in [-0.25, -0.2) is 4.39 Å². The zero-order valence-corrected chi connectivity index (χ0v) is 10.3. The largest absolute Gasteiger partial charge is 0.380 e. The van der Waals surface area contributed by atoms with Gasteiger partial charge in [-0.05, 0) is 12.5 Å². The van der Waals surface area contributed by atoms with Crippen LogP contribution in [0, 0.1) is 15.9 Å². The Hall–Kier alpha value is -1.69. The number of hydrogen-bond donors (Lipinski definition) is 1. The second-order valence-corrected chi connectivity index (χ2v) is 3.81. The minimum atomic E-state index is -0.627. The second kappa shape index (κ2) is 7.60. The van der Waals surface area contributed by atoms with Crippen LogP contribution < -0.4 is 5.32 Å².